The van der Waals surface area contributed by atoms with Gasteiger partial charge in [-0.3, -0.25) is 4.79 Å². The van der Waals surface area contributed by atoms with Crippen molar-refractivity contribution in [2.75, 3.05) is 24.4 Å². The fourth-order valence-electron chi connectivity index (χ4n) is 4.66. The molecule has 5 nitrogen and oxygen atoms in total. The molecule has 5 rings (SSSR count). The number of carbonyl (C=O) groups is 1. The molecule has 2 heterocycles. The van der Waals surface area contributed by atoms with E-state index in [2.05, 4.69) is 44.1 Å². The van der Waals surface area contributed by atoms with Gasteiger partial charge in [0.15, 0.2) is 17.3 Å². The number of allylic oxidation sites excluding steroid dienone is 1. The first-order chi connectivity index (χ1) is 16.1. The average molecular weight is 525 g/mol. The van der Waals surface area contributed by atoms with Crippen molar-refractivity contribution in [3.05, 3.63) is 80.1 Å². The fourth-order valence-corrected chi connectivity index (χ4v) is 6.06. The van der Waals surface area contributed by atoms with Crippen molar-refractivity contribution in [2.24, 2.45) is 0 Å². The number of anilines is 2. The lowest BCUT2D eigenvalue weighted by atomic mass is 9.80. The molecule has 1 aliphatic carbocycles. The minimum atomic E-state index is -0.311. The van der Waals surface area contributed by atoms with E-state index in [1.807, 2.05) is 43.3 Å². The van der Waals surface area contributed by atoms with E-state index in [0.29, 0.717) is 24.5 Å². The number of Topliss-reactive ketones (excluding diaryl/α,β-unsaturated/α-hetero) is 1. The van der Waals surface area contributed by atoms with E-state index < -0.39 is 0 Å². The molecule has 3 aromatic rings. The van der Waals surface area contributed by atoms with Crippen molar-refractivity contribution in [2.45, 2.75) is 31.7 Å². The summed E-state index contributed by atoms with van der Waals surface area (Å²) in [7, 11) is 1.63. The maximum Gasteiger partial charge on any atom is 0.175 e. The van der Waals surface area contributed by atoms with Crippen LogP contribution in [0.15, 0.2) is 69.7 Å². The number of nitrogens with one attached hydrogen (secondary N) is 2. The predicted molar refractivity (Wildman–Crippen MR) is 137 cm³/mol. The summed E-state index contributed by atoms with van der Waals surface area (Å²) in [5.74, 6) is 1.65. The van der Waals surface area contributed by atoms with Gasteiger partial charge in [-0.05, 0) is 70.5 Å². The second-order valence-corrected chi connectivity index (χ2v) is 9.98. The SMILES string of the molecule is CCOc1c(Br)cc([C@@H]2Nc3ccccc3NC3=C2C(=O)C[C@H](c2cccs2)C3)cc1OC. The Morgan fingerprint density at radius 2 is 1.94 bits per heavy atom. The largest absolute Gasteiger partial charge is 0.493 e. The van der Waals surface area contributed by atoms with E-state index in [-0.39, 0.29) is 17.7 Å². The highest BCUT2D eigenvalue weighted by atomic mass is 79.9. The Bertz CT molecular complexity index is 1220. The summed E-state index contributed by atoms with van der Waals surface area (Å²) in [6.45, 7) is 2.47. The van der Waals surface area contributed by atoms with E-state index in [1.54, 1.807) is 18.4 Å². The van der Waals surface area contributed by atoms with Crippen molar-refractivity contribution in [3.8, 4) is 11.5 Å². The molecule has 0 spiro atoms. The van der Waals surface area contributed by atoms with Crippen LogP contribution in [0.5, 0.6) is 11.5 Å². The molecule has 7 heteroatoms. The molecule has 0 saturated heterocycles. The second kappa shape index (κ2) is 9.23. The number of ether oxygens (including phenoxy) is 2. The van der Waals surface area contributed by atoms with Gasteiger partial charge >= 0.3 is 0 Å². The zero-order chi connectivity index (χ0) is 22.9. The van der Waals surface area contributed by atoms with E-state index in [0.717, 1.165) is 39.1 Å². The molecule has 1 aromatic heterocycles. The Hall–Kier alpha value is -2.77. The fraction of sp³-hybridized carbons (Fsp3) is 0.269. The quantitative estimate of drug-likeness (QED) is 0.380. The Labute approximate surface area is 205 Å². The number of benzene rings is 2. The van der Waals surface area contributed by atoms with Gasteiger partial charge in [0.05, 0.1) is 35.6 Å². The van der Waals surface area contributed by atoms with Crippen LogP contribution in [0.25, 0.3) is 0 Å². The predicted octanol–water partition coefficient (Wildman–Crippen LogP) is 6.90. The van der Waals surface area contributed by atoms with Gasteiger partial charge in [-0.1, -0.05) is 18.2 Å². The van der Waals surface area contributed by atoms with Crippen LogP contribution >= 0.6 is 27.3 Å². The first kappa shape index (κ1) is 22.0. The summed E-state index contributed by atoms with van der Waals surface area (Å²) < 4.78 is 12.2. The molecule has 1 aliphatic heterocycles. The number of thiophene rings is 1. The standard InChI is InChI=1S/C26H25BrN2O3S/c1-3-32-26-17(27)11-16(14-22(26)31-2)25-24-20(28-18-7-4-5-8-19(18)29-25)12-15(13-21(24)30)23-9-6-10-33-23/h4-11,14-15,25,28-29H,3,12-13H2,1-2H3/t15-,25+/m1/s1. The van der Waals surface area contributed by atoms with Crippen LogP contribution in [0.4, 0.5) is 11.4 Å². The van der Waals surface area contributed by atoms with Gasteiger partial charge < -0.3 is 20.1 Å². The van der Waals surface area contributed by atoms with E-state index >= 15 is 0 Å². The van der Waals surface area contributed by atoms with Crippen LogP contribution in [-0.4, -0.2) is 19.5 Å². The average Bonchev–Trinajstić information content (AvgIpc) is 3.29. The molecule has 0 bridgehead atoms. The zero-order valence-corrected chi connectivity index (χ0v) is 20.9. The van der Waals surface area contributed by atoms with Gasteiger partial charge in [0, 0.05) is 28.5 Å². The van der Waals surface area contributed by atoms with Crippen LogP contribution < -0.4 is 20.1 Å². The number of ketones is 1. The summed E-state index contributed by atoms with van der Waals surface area (Å²) in [5, 5.41) is 9.30. The molecule has 0 amide bonds. The number of hydrogen-bond donors (Lipinski definition) is 2. The molecule has 170 valence electrons. The van der Waals surface area contributed by atoms with Crippen LogP contribution in [-0.2, 0) is 4.79 Å². The molecule has 0 saturated carbocycles. The molecule has 33 heavy (non-hydrogen) atoms. The van der Waals surface area contributed by atoms with Crippen molar-refractivity contribution in [3.63, 3.8) is 0 Å². The summed E-state index contributed by atoms with van der Waals surface area (Å²) in [6.07, 6.45) is 1.30. The number of para-hydroxylation sites is 2. The third-order valence-electron chi connectivity index (χ3n) is 6.13. The second-order valence-electron chi connectivity index (χ2n) is 8.15. The Balaban J connectivity index is 1.64. The van der Waals surface area contributed by atoms with Crippen molar-refractivity contribution in [1.82, 2.24) is 0 Å². The van der Waals surface area contributed by atoms with Gasteiger partial charge in [0.25, 0.3) is 0 Å². The maximum absolute atomic E-state index is 13.6. The summed E-state index contributed by atoms with van der Waals surface area (Å²) in [5.41, 5.74) is 4.65. The molecule has 2 N–H and O–H groups in total. The summed E-state index contributed by atoms with van der Waals surface area (Å²) in [4.78, 5) is 14.9. The number of methoxy groups -OCH3 is 1. The topological polar surface area (TPSA) is 59.6 Å². The highest BCUT2D eigenvalue weighted by Crippen LogP contribution is 2.47. The van der Waals surface area contributed by atoms with Crippen LogP contribution in [0.3, 0.4) is 0 Å². The zero-order valence-electron chi connectivity index (χ0n) is 18.5. The maximum atomic E-state index is 13.6. The number of hydrogen-bond acceptors (Lipinski definition) is 6. The smallest absolute Gasteiger partial charge is 0.175 e. The third-order valence-corrected chi connectivity index (χ3v) is 7.75. The van der Waals surface area contributed by atoms with Gasteiger partial charge in [0.1, 0.15) is 0 Å². The molecule has 0 radical (unpaired) electrons. The lowest BCUT2D eigenvalue weighted by Gasteiger charge is -2.29. The van der Waals surface area contributed by atoms with Gasteiger partial charge in [0.2, 0.25) is 0 Å². The summed E-state index contributed by atoms with van der Waals surface area (Å²) in [6, 6.07) is 15.9. The minimum absolute atomic E-state index is 0.163. The Morgan fingerprint density at radius 3 is 2.67 bits per heavy atom. The lowest BCUT2D eigenvalue weighted by Crippen LogP contribution is -2.26. The molecule has 2 aliphatic rings. The Kier molecular flexibility index (Phi) is 6.17. The first-order valence-corrected chi connectivity index (χ1v) is 12.7. The molecule has 2 aromatic carbocycles. The number of rotatable bonds is 5. The van der Waals surface area contributed by atoms with E-state index in [1.165, 1.54) is 4.88 Å². The van der Waals surface area contributed by atoms with Gasteiger partial charge in [-0.15, -0.1) is 11.3 Å². The molecule has 0 unspecified atom stereocenters. The number of fused-ring (bicyclic) bond motifs is 1. The monoisotopic (exact) mass is 524 g/mol. The third kappa shape index (κ3) is 4.15. The van der Waals surface area contributed by atoms with Gasteiger partial charge in [-0.25, -0.2) is 0 Å². The molecule has 2 atom stereocenters. The van der Waals surface area contributed by atoms with E-state index in [9.17, 15) is 4.79 Å². The molecular weight excluding hydrogens is 500 g/mol. The Morgan fingerprint density at radius 1 is 1.12 bits per heavy atom. The van der Waals surface area contributed by atoms with Crippen LogP contribution in [0.2, 0.25) is 0 Å². The van der Waals surface area contributed by atoms with Crippen molar-refractivity contribution < 1.29 is 14.3 Å². The van der Waals surface area contributed by atoms with Gasteiger partial charge in [-0.2, -0.15) is 0 Å². The number of halogens is 1. The summed E-state index contributed by atoms with van der Waals surface area (Å²) >= 11 is 5.37. The minimum Gasteiger partial charge on any atom is -0.493 e. The molecule has 0 fully saturated rings. The van der Waals surface area contributed by atoms with Crippen molar-refractivity contribution in [1.29, 1.82) is 0 Å². The molecular formula is C26H25BrN2O3S. The van der Waals surface area contributed by atoms with E-state index in [4.69, 9.17) is 9.47 Å². The van der Waals surface area contributed by atoms with Crippen molar-refractivity contribution >= 4 is 44.4 Å². The highest BCUT2D eigenvalue weighted by molar-refractivity contribution is 9.10. The van der Waals surface area contributed by atoms with Crippen LogP contribution in [0, 0.1) is 0 Å². The lowest BCUT2D eigenvalue weighted by molar-refractivity contribution is -0.116. The normalized spacial score (nSPS) is 19.7. The van der Waals surface area contributed by atoms with Crippen LogP contribution in [0.1, 0.15) is 42.2 Å². The highest BCUT2D eigenvalue weighted by Gasteiger charge is 2.36. The first-order valence-electron chi connectivity index (χ1n) is 11.0. The number of carbonyl (C=O) groups excluding carboxylic acids is 1.